The van der Waals surface area contributed by atoms with E-state index in [2.05, 4.69) is 28.6 Å². The summed E-state index contributed by atoms with van der Waals surface area (Å²) in [5.74, 6) is 2.83. The molecule has 25 heavy (non-hydrogen) atoms. The van der Waals surface area contributed by atoms with Gasteiger partial charge >= 0.3 is 0 Å². The average molecular weight is 341 g/mol. The molecule has 1 unspecified atom stereocenters. The molecule has 0 saturated carbocycles. The first-order valence-electron chi connectivity index (χ1n) is 8.39. The highest BCUT2D eigenvalue weighted by Crippen LogP contribution is 2.25. The zero-order valence-corrected chi connectivity index (χ0v) is 15.4. The van der Waals surface area contributed by atoms with Crippen LogP contribution in [0.2, 0.25) is 0 Å². The molecule has 0 aromatic heterocycles. The monoisotopic (exact) mass is 341 g/mol. The summed E-state index contributed by atoms with van der Waals surface area (Å²) >= 11 is 0. The molecule has 2 aromatic carbocycles. The molecule has 134 valence electrons. The number of hydrogen-bond donors (Lipinski definition) is 2. The Morgan fingerprint density at radius 1 is 0.960 bits per heavy atom. The fourth-order valence-electron chi connectivity index (χ4n) is 2.68. The molecular formula is C20H27N3O2. The van der Waals surface area contributed by atoms with Gasteiger partial charge in [-0.05, 0) is 17.7 Å². The lowest BCUT2D eigenvalue weighted by Gasteiger charge is -2.18. The van der Waals surface area contributed by atoms with E-state index in [9.17, 15) is 0 Å². The van der Waals surface area contributed by atoms with Gasteiger partial charge in [0.25, 0.3) is 0 Å². The molecule has 0 aliphatic carbocycles. The quantitative estimate of drug-likeness (QED) is 0.600. The van der Waals surface area contributed by atoms with Crippen molar-refractivity contribution in [1.29, 1.82) is 0 Å². The third-order valence-electron chi connectivity index (χ3n) is 4.11. The molecule has 2 rings (SSSR count). The van der Waals surface area contributed by atoms with Crippen LogP contribution in [0.4, 0.5) is 0 Å². The third-order valence-corrected chi connectivity index (χ3v) is 4.11. The minimum atomic E-state index is 0.293. The predicted molar refractivity (Wildman–Crippen MR) is 103 cm³/mol. The van der Waals surface area contributed by atoms with Crippen LogP contribution in [0.5, 0.6) is 11.5 Å². The summed E-state index contributed by atoms with van der Waals surface area (Å²) in [5.41, 5.74) is 2.27. The van der Waals surface area contributed by atoms with Crippen molar-refractivity contribution in [2.45, 2.75) is 19.4 Å². The summed E-state index contributed by atoms with van der Waals surface area (Å²) in [6.45, 7) is 3.57. The van der Waals surface area contributed by atoms with Gasteiger partial charge in [-0.3, -0.25) is 4.99 Å². The zero-order chi connectivity index (χ0) is 18.1. The Morgan fingerprint density at radius 2 is 1.60 bits per heavy atom. The second kappa shape index (κ2) is 9.57. The first-order chi connectivity index (χ1) is 12.2. The van der Waals surface area contributed by atoms with Gasteiger partial charge in [-0.2, -0.15) is 0 Å². The van der Waals surface area contributed by atoms with E-state index < -0.39 is 0 Å². The number of hydrogen-bond acceptors (Lipinski definition) is 3. The van der Waals surface area contributed by atoms with E-state index >= 15 is 0 Å². The van der Waals surface area contributed by atoms with Crippen LogP contribution in [-0.4, -0.2) is 33.8 Å². The number of nitrogens with zero attached hydrogens (tertiary/aromatic N) is 1. The Hall–Kier alpha value is -2.69. The maximum Gasteiger partial charge on any atom is 0.191 e. The first kappa shape index (κ1) is 18.6. The van der Waals surface area contributed by atoms with Crippen LogP contribution in [0.15, 0.2) is 53.5 Å². The van der Waals surface area contributed by atoms with E-state index in [0.717, 1.165) is 29.6 Å². The first-order valence-corrected chi connectivity index (χ1v) is 8.39. The normalized spacial score (nSPS) is 12.4. The Bertz CT molecular complexity index is 701. The summed E-state index contributed by atoms with van der Waals surface area (Å²) in [6, 6.07) is 16.0. The largest absolute Gasteiger partial charge is 0.496 e. The fourth-order valence-corrected chi connectivity index (χ4v) is 2.68. The molecule has 0 saturated heterocycles. The molecule has 5 nitrogen and oxygen atoms in total. The molecule has 0 heterocycles. The van der Waals surface area contributed by atoms with Gasteiger partial charge in [0.15, 0.2) is 5.96 Å². The lowest BCUT2D eigenvalue weighted by Crippen LogP contribution is -2.38. The average Bonchev–Trinajstić information content (AvgIpc) is 2.68. The van der Waals surface area contributed by atoms with Crippen LogP contribution in [0.25, 0.3) is 0 Å². The Balaban J connectivity index is 1.92. The van der Waals surface area contributed by atoms with Gasteiger partial charge in [-0.15, -0.1) is 0 Å². The Labute approximate surface area is 150 Å². The van der Waals surface area contributed by atoms with E-state index in [1.54, 1.807) is 21.3 Å². The lowest BCUT2D eigenvalue weighted by molar-refractivity contribution is 0.406. The van der Waals surface area contributed by atoms with Crippen LogP contribution in [0.3, 0.4) is 0 Å². The van der Waals surface area contributed by atoms with Crippen molar-refractivity contribution in [3.63, 3.8) is 0 Å². The van der Waals surface area contributed by atoms with E-state index in [4.69, 9.17) is 9.47 Å². The molecule has 0 spiro atoms. The summed E-state index contributed by atoms with van der Waals surface area (Å²) in [6.07, 6.45) is 0. The van der Waals surface area contributed by atoms with E-state index in [0.29, 0.717) is 12.5 Å². The summed E-state index contributed by atoms with van der Waals surface area (Å²) in [7, 11) is 5.15. The molecule has 0 fully saturated rings. The number of rotatable bonds is 7. The smallest absolute Gasteiger partial charge is 0.191 e. The highest BCUT2D eigenvalue weighted by atomic mass is 16.5. The maximum atomic E-state index is 5.44. The number of methoxy groups -OCH3 is 2. The van der Waals surface area contributed by atoms with Crippen molar-refractivity contribution in [2.24, 2.45) is 4.99 Å². The Morgan fingerprint density at radius 3 is 2.28 bits per heavy atom. The van der Waals surface area contributed by atoms with Gasteiger partial charge < -0.3 is 20.1 Å². The topological polar surface area (TPSA) is 54.9 Å². The molecule has 2 N–H and O–H groups in total. The van der Waals surface area contributed by atoms with Gasteiger partial charge in [0.2, 0.25) is 0 Å². The predicted octanol–water partition coefficient (Wildman–Crippen LogP) is 3.17. The minimum absolute atomic E-state index is 0.293. The van der Waals surface area contributed by atoms with Gasteiger partial charge in [0.05, 0.1) is 14.2 Å². The summed E-state index contributed by atoms with van der Waals surface area (Å²) < 4.78 is 10.8. The highest BCUT2D eigenvalue weighted by Gasteiger charge is 2.11. The zero-order valence-electron chi connectivity index (χ0n) is 15.4. The lowest BCUT2D eigenvalue weighted by atomic mass is 10.0. The fraction of sp³-hybridized carbons (Fsp3) is 0.350. The van der Waals surface area contributed by atoms with Crippen LogP contribution in [-0.2, 0) is 6.54 Å². The number of benzene rings is 2. The van der Waals surface area contributed by atoms with Crippen molar-refractivity contribution < 1.29 is 9.47 Å². The molecule has 0 aliphatic rings. The second-order valence-electron chi connectivity index (χ2n) is 5.76. The number of nitrogens with one attached hydrogen (secondary N) is 2. The van der Waals surface area contributed by atoms with E-state index in [1.165, 1.54) is 5.56 Å². The SMILES string of the molecule is CN=C(NCc1ccccc1OC)NCC(C)c1ccccc1OC. The van der Waals surface area contributed by atoms with Crippen LogP contribution in [0, 0.1) is 0 Å². The van der Waals surface area contributed by atoms with Crippen molar-refractivity contribution in [3.8, 4) is 11.5 Å². The number of ether oxygens (including phenoxy) is 2. The van der Waals surface area contributed by atoms with Crippen LogP contribution < -0.4 is 20.1 Å². The molecule has 1 atom stereocenters. The Kier molecular flexibility index (Phi) is 7.14. The van der Waals surface area contributed by atoms with E-state index in [1.807, 2.05) is 42.5 Å². The molecular weight excluding hydrogens is 314 g/mol. The van der Waals surface area contributed by atoms with Gasteiger partial charge in [-0.25, -0.2) is 0 Å². The molecule has 0 aliphatic heterocycles. The van der Waals surface area contributed by atoms with Gasteiger partial charge in [0, 0.05) is 31.6 Å². The standard InChI is InChI=1S/C20H27N3O2/c1-15(17-10-6-8-12-19(17)25-4)13-22-20(21-2)23-14-16-9-5-7-11-18(16)24-3/h5-12,15H,13-14H2,1-4H3,(H2,21,22,23). The van der Waals surface area contributed by atoms with Crippen molar-refractivity contribution in [3.05, 3.63) is 59.7 Å². The van der Waals surface area contributed by atoms with Crippen molar-refractivity contribution >= 4 is 5.96 Å². The summed E-state index contributed by atoms with van der Waals surface area (Å²) in [5, 5.41) is 6.69. The highest BCUT2D eigenvalue weighted by molar-refractivity contribution is 5.79. The maximum absolute atomic E-state index is 5.44. The molecule has 2 aromatic rings. The third kappa shape index (κ3) is 5.14. The van der Waals surface area contributed by atoms with Crippen molar-refractivity contribution in [1.82, 2.24) is 10.6 Å². The van der Waals surface area contributed by atoms with Gasteiger partial charge in [0.1, 0.15) is 11.5 Å². The number of para-hydroxylation sites is 2. The molecule has 0 bridgehead atoms. The van der Waals surface area contributed by atoms with Gasteiger partial charge in [-0.1, -0.05) is 43.3 Å². The van der Waals surface area contributed by atoms with E-state index in [-0.39, 0.29) is 0 Å². The minimum Gasteiger partial charge on any atom is -0.496 e. The summed E-state index contributed by atoms with van der Waals surface area (Å²) in [4.78, 5) is 4.29. The number of guanidine groups is 1. The molecule has 0 radical (unpaired) electrons. The molecule has 5 heteroatoms. The van der Waals surface area contributed by atoms with Crippen LogP contribution >= 0.6 is 0 Å². The van der Waals surface area contributed by atoms with Crippen molar-refractivity contribution in [2.75, 3.05) is 27.8 Å². The molecule has 0 amide bonds. The second-order valence-corrected chi connectivity index (χ2v) is 5.76. The number of aliphatic imine (C=N–C) groups is 1. The van der Waals surface area contributed by atoms with Crippen LogP contribution in [0.1, 0.15) is 24.0 Å².